The van der Waals surface area contributed by atoms with Gasteiger partial charge in [0, 0.05) is 33.5 Å². The quantitative estimate of drug-likeness (QED) is 0.349. The minimum absolute atomic E-state index is 0.0167. The minimum atomic E-state index is -0.173. The number of fused-ring (bicyclic) bond motifs is 1. The van der Waals surface area contributed by atoms with Crippen molar-refractivity contribution in [3.05, 3.63) is 92.5 Å². The normalized spacial score (nSPS) is 11.0. The maximum atomic E-state index is 12.6. The second kappa shape index (κ2) is 9.08. The summed E-state index contributed by atoms with van der Waals surface area (Å²) in [5.74, 6) is 0.640. The SMILES string of the molecule is CCn1c(=O)sc2cc(NC(=O)c3ccc(CSc4ccc(Cl)cc4)cc3)ccc21. The first-order chi connectivity index (χ1) is 14.5. The molecule has 0 saturated carbocycles. The second-order valence-corrected chi connectivity index (χ2v) is 9.17. The molecule has 1 amide bonds. The molecule has 0 radical (unpaired) electrons. The number of aryl methyl sites for hydroxylation is 1. The summed E-state index contributed by atoms with van der Waals surface area (Å²) in [5.41, 5.74) is 3.31. The van der Waals surface area contributed by atoms with E-state index in [0.717, 1.165) is 31.5 Å². The fraction of sp³-hybridized carbons (Fsp3) is 0.130. The van der Waals surface area contributed by atoms with Gasteiger partial charge in [0.15, 0.2) is 0 Å². The summed E-state index contributed by atoms with van der Waals surface area (Å²) in [6, 6.07) is 20.9. The Labute approximate surface area is 187 Å². The molecule has 0 atom stereocenters. The van der Waals surface area contributed by atoms with Gasteiger partial charge < -0.3 is 5.32 Å². The minimum Gasteiger partial charge on any atom is -0.322 e. The largest absolute Gasteiger partial charge is 0.322 e. The van der Waals surface area contributed by atoms with E-state index in [1.165, 1.54) is 11.3 Å². The zero-order valence-corrected chi connectivity index (χ0v) is 18.6. The molecule has 0 bridgehead atoms. The number of carbonyl (C=O) groups excluding carboxylic acids is 1. The molecule has 0 spiro atoms. The highest BCUT2D eigenvalue weighted by atomic mass is 35.5. The summed E-state index contributed by atoms with van der Waals surface area (Å²) in [7, 11) is 0. The number of benzene rings is 3. The van der Waals surface area contributed by atoms with Crippen molar-refractivity contribution in [3.8, 4) is 0 Å². The van der Waals surface area contributed by atoms with Crippen LogP contribution in [-0.2, 0) is 12.3 Å². The van der Waals surface area contributed by atoms with Crippen LogP contribution in [0, 0.1) is 0 Å². The third kappa shape index (κ3) is 4.61. The number of thiazole rings is 1. The number of carbonyl (C=O) groups is 1. The van der Waals surface area contributed by atoms with Crippen LogP contribution in [0.2, 0.25) is 5.02 Å². The summed E-state index contributed by atoms with van der Waals surface area (Å²) in [6.45, 7) is 2.58. The Balaban J connectivity index is 1.41. The Bertz CT molecular complexity index is 1250. The maximum Gasteiger partial charge on any atom is 0.308 e. The number of hydrogen-bond acceptors (Lipinski definition) is 4. The number of hydrogen-bond donors (Lipinski definition) is 1. The number of nitrogens with one attached hydrogen (secondary N) is 1. The first kappa shape index (κ1) is 20.7. The van der Waals surface area contributed by atoms with E-state index >= 15 is 0 Å². The highest BCUT2D eigenvalue weighted by molar-refractivity contribution is 7.98. The van der Waals surface area contributed by atoms with Crippen molar-refractivity contribution in [2.75, 3.05) is 5.32 Å². The number of anilines is 1. The van der Waals surface area contributed by atoms with Gasteiger partial charge in [0.2, 0.25) is 0 Å². The van der Waals surface area contributed by atoms with Crippen molar-refractivity contribution in [2.24, 2.45) is 0 Å². The molecule has 0 aliphatic heterocycles. The summed E-state index contributed by atoms with van der Waals surface area (Å²) >= 11 is 8.83. The number of halogens is 1. The van der Waals surface area contributed by atoms with Gasteiger partial charge in [0.1, 0.15) is 0 Å². The van der Waals surface area contributed by atoms with Crippen LogP contribution in [0.1, 0.15) is 22.8 Å². The molecule has 0 aliphatic carbocycles. The number of nitrogens with zero attached hydrogens (tertiary/aromatic N) is 1. The monoisotopic (exact) mass is 454 g/mol. The zero-order chi connectivity index (χ0) is 21.1. The van der Waals surface area contributed by atoms with Crippen LogP contribution in [0.5, 0.6) is 0 Å². The standard InChI is InChI=1S/C23H19ClN2O2S2/c1-2-26-20-12-9-18(13-21(20)30-23(26)28)25-22(27)16-5-3-15(4-6-16)14-29-19-10-7-17(24)8-11-19/h3-13H,2,14H2,1H3,(H,25,27). The second-order valence-electron chi connectivity index (χ2n) is 6.69. The van der Waals surface area contributed by atoms with E-state index < -0.39 is 0 Å². The fourth-order valence-corrected chi connectivity index (χ4v) is 5.07. The molecule has 3 aromatic carbocycles. The van der Waals surface area contributed by atoms with Gasteiger partial charge in [-0.2, -0.15) is 0 Å². The molecule has 0 fully saturated rings. The molecular weight excluding hydrogens is 436 g/mol. The first-order valence-corrected chi connectivity index (χ1v) is 11.6. The Morgan fingerprint density at radius 2 is 1.80 bits per heavy atom. The van der Waals surface area contributed by atoms with E-state index in [1.807, 2.05) is 73.7 Å². The Morgan fingerprint density at radius 3 is 2.50 bits per heavy atom. The highest BCUT2D eigenvalue weighted by Crippen LogP contribution is 2.25. The molecular formula is C23H19ClN2O2S2. The average molecular weight is 455 g/mol. The molecule has 1 heterocycles. The fourth-order valence-electron chi connectivity index (χ4n) is 3.10. The summed E-state index contributed by atoms with van der Waals surface area (Å²) < 4.78 is 2.60. The lowest BCUT2D eigenvalue weighted by Gasteiger charge is -2.07. The maximum absolute atomic E-state index is 12.6. The zero-order valence-electron chi connectivity index (χ0n) is 16.2. The first-order valence-electron chi connectivity index (χ1n) is 9.45. The van der Waals surface area contributed by atoms with E-state index in [9.17, 15) is 9.59 Å². The van der Waals surface area contributed by atoms with Gasteiger partial charge in [-0.15, -0.1) is 11.8 Å². The molecule has 1 N–H and O–H groups in total. The van der Waals surface area contributed by atoms with E-state index in [4.69, 9.17) is 11.6 Å². The van der Waals surface area contributed by atoms with Crippen molar-refractivity contribution >= 4 is 56.5 Å². The van der Waals surface area contributed by atoms with Gasteiger partial charge in [-0.25, -0.2) is 0 Å². The van der Waals surface area contributed by atoms with Crippen LogP contribution in [0.3, 0.4) is 0 Å². The van der Waals surface area contributed by atoms with Gasteiger partial charge in [0.25, 0.3) is 5.91 Å². The van der Waals surface area contributed by atoms with Crippen molar-refractivity contribution in [1.82, 2.24) is 4.57 Å². The third-order valence-electron chi connectivity index (χ3n) is 4.68. The molecule has 0 saturated heterocycles. The van der Waals surface area contributed by atoms with Crippen molar-refractivity contribution in [2.45, 2.75) is 24.1 Å². The van der Waals surface area contributed by atoms with Crippen LogP contribution < -0.4 is 10.2 Å². The van der Waals surface area contributed by atoms with Gasteiger partial charge in [-0.05, 0) is 67.1 Å². The van der Waals surface area contributed by atoms with Crippen molar-refractivity contribution in [1.29, 1.82) is 0 Å². The summed E-state index contributed by atoms with van der Waals surface area (Å²) in [4.78, 5) is 25.8. The van der Waals surface area contributed by atoms with E-state index in [-0.39, 0.29) is 10.8 Å². The molecule has 7 heteroatoms. The highest BCUT2D eigenvalue weighted by Gasteiger charge is 2.10. The Kier molecular flexibility index (Phi) is 6.27. The van der Waals surface area contributed by atoms with Crippen LogP contribution in [0.15, 0.2) is 76.4 Å². The Hall–Kier alpha value is -2.54. The smallest absolute Gasteiger partial charge is 0.308 e. The lowest BCUT2D eigenvalue weighted by molar-refractivity contribution is 0.102. The topological polar surface area (TPSA) is 51.1 Å². The van der Waals surface area contributed by atoms with Crippen LogP contribution in [0.4, 0.5) is 5.69 Å². The molecule has 0 unspecified atom stereocenters. The number of amides is 1. The Morgan fingerprint density at radius 1 is 1.07 bits per heavy atom. The summed E-state index contributed by atoms with van der Waals surface area (Å²) in [6.07, 6.45) is 0. The summed E-state index contributed by atoms with van der Waals surface area (Å²) in [5, 5.41) is 3.65. The predicted molar refractivity (Wildman–Crippen MR) is 127 cm³/mol. The van der Waals surface area contributed by atoms with Crippen LogP contribution >= 0.6 is 34.7 Å². The lowest BCUT2D eigenvalue weighted by atomic mass is 10.1. The average Bonchev–Trinajstić information content (AvgIpc) is 3.07. The number of aromatic nitrogens is 1. The van der Waals surface area contributed by atoms with E-state index in [1.54, 1.807) is 16.3 Å². The number of thioether (sulfide) groups is 1. The third-order valence-corrected chi connectivity index (χ3v) is 6.95. The van der Waals surface area contributed by atoms with E-state index in [0.29, 0.717) is 17.8 Å². The van der Waals surface area contributed by atoms with Gasteiger partial charge in [0.05, 0.1) is 10.2 Å². The lowest BCUT2D eigenvalue weighted by Crippen LogP contribution is -2.12. The predicted octanol–water partition coefficient (Wildman–Crippen LogP) is 6.28. The van der Waals surface area contributed by atoms with Gasteiger partial charge in [-0.3, -0.25) is 14.2 Å². The van der Waals surface area contributed by atoms with Crippen LogP contribution in [0.25, 0.3) is 10.2 Å². The van der Waals surface area contributed by atoms with Crippen LogP contribution in [-0.4, -0.2) is 10.5 Å². The van der Waals surface area contributed by atoms with Crippen molar-refractivity contribution < 1.29 is 4.79 Å². The molecule has 4 nitrogen and oxygen atoms in total. The van der Waals surface area contributed by atoms with Gasteiger partial charge >= 0.3 is 4.87 Å². The molecule has 0 aliphatic rings. The van der Waals surface area contributed by atoms with Gasteiger partial charge in [-0.1, -0.05) is 35.1 Å². The van der Waals surface area contributed by atoms with Crippen molar-refractivity contribution in [3.63, 3.8) is 0 Å². The molecule has 152 valence electrons. The number of rotatable bonds is 6. The van der Waals surface area contributed by atoms with E-state index in [2.05, 4.69) is 5.32 Å². The molecule has 4 rings (SSSR count). The molecule has 30 heavy (non-hydrogen) atoms. The molecule has 4 aromatic rings. The molecule has 1 aromatic heterocycles.